The van der Waals surface area contributed by atoms with Gasteiger partial charge in [0, 0.05) is 35.8 Å². The van der Waals surface area contributed by atoms with E-state index in [9.17, 15) is 4.79 Å². The predicted octanol–water partition coefficient (Wildman–Crippen LogP) is 0.643. The van der Waals surface area contributed by atoms with E-state index in [1.165, 1.54) is 10.8 Å². The monoisotopic (exact) mass is 241 g/mol. The van der Waals surface area contributed by atoms with Crippen LogP contribution < -0.4 is 5.56 Å². The van der Waals surface area contributed by atoms with E-state index in [1.54, 1.807) is 24.7 Å². The molecule has 0 aliphatic rings. The summed E-state index contributed by atoms with van der Waals surface area (Å²) in [6, 6.07) is 3.39. The van der Waals surface area contributed by atoms with E-state index < -0.39 is 0 Å². The molecule has 90 valence electrons. The molecule has 0 spiro atoms. The SMILES string of the molecule is Cc1cc(=O)n2nccc2n1Cc1cncnc1. The summed E-state index contributed by atoms with van der Waals surface area (Å²) in [5.74, 6) is 0. The number of nitrogens with zero attached hydrogens (tertiary/aromatic N) is 5. The lowest BCUT2D eigenvalue weighted by Crippen LogP contribution is -2.20. The standard InChI is InChI=1S/C12H11N5O/c1-9-4-12(18)17-11(2-3-15-17)16(9)7-10-5-13-8-14-6-10/h2-6,8H,7H2,1H3. The second-order valence-corrected chi connectivity index (χ2v) is 4.06. The highest BCUT2D eigenvalue weighted by Crippen LogP contribution is 2.08. The fraction of sp³-hybridized carbons (Fsp3) is 0.167. The molecule has 0 aliphatic carbocycles. The minimum atomic E-state index is -0.118. The van der Waals surface area contributed by atoms with Gasteiger partial charge in [-0.1, -0.05) is 0 Å². The van der Waals surface area contributed by atoms with Gasteiger partial charge in [-0.2, -0.15) is 9.61 Å². The van der Waals surface area contributed by atoms with E-state index in [1.807, 2.05) is 17.6 Å². The topological polar surface area (TPSA) is 65.1 Å². The number of fused-ring (bicyclic) bond motifs is 1. The van der Waals surface area contributed by atoms with Gasteiger partial charge in [0.15, 0.2) is 0 Å². The first-order chi connectivity index (χ1) is 8.75. The van der Waals surface area contributed by atoms with Crippen LogP contribution in [0.25, 0.3) is 5.65 Å². The highest BCUT2D eigenvalue weighted by Gasteiger charge is 2.07. The van der Waals surface area contributed by atoms with Gasteiger partial charge >= 0.3 is 0 Å². The van der Waals surface area contributed by atoms with E-state index in [0.717, 1.165) is 16.9 Å². The van der Waals surface area contributed by atoms with Crippen molar-refractivity contribution in [3.63, 3.8) is 0 Å². The van der Waals surface area contributed by atoms with Crippen molar-refractivity contribution in [2.75, 3.05) is 0 Å². The molecule has 0 atom stereocenters. The Morgan fingerprint density at radius 3 is 2.83 bits per heavy atom. The molecular weight excluding hydrogens is 230 g/mol. The summed E-state index contributed by atoms with van der Waals surface area (Å²) in [5.41, 5.74) is 2.51. The zero-order chi connectivity index (χ0) is 12.5. The molecule has 6 heteroatoms. The fourth-order valence-corrected chi connectivity index (χ4v) is 1.97. The minimum Gasteiger partial charge on any atom is -0.325 e. The quantitative estimate of drug-likeness (QED) is 0.660. The number of hydrogen-bond acceptors (Lipinski definition) is 4. The van der Waals surface area contributed by atoms with Crippen LogP contribution in [0, 0.1) is 6.92 Å². The predicted molar refractivity (Wildman–Crippen MR) is 65.3 cm³/mol. The molecule has 0 radical (unpaired) electrons. The van der Waals surface area contributed by atoms with E-state index in [4.69, 9.17) is 0 Å². The van der Waals surface area contributed by atoms with Crippen molar-refractivity contribution in [2.45, 2.75) is 13.5 Å². The van der Waals surface area contributed by atoms with Crippen molar-refractivity contribution >= 4 is 5.65 Å². The summed E-state index contributed by atoms with van der Waals surface area (Å²) in [7, 11) is 0. The molecule has 3 heterocycles. The Kier molecular flexibility index (Phi) is 2.40. The van der Waals surface area contributed by atoms with E-state index in [0.29, 0.717) is 6.54 Å². The van der Waals surface area contributed by atoms with Crippen molar-refractivity contribution < 1.29 is 0 Å². The van der Waals surface area contributed by atoms with Gasteiger partial charge in [-0.15, -0.1) is 0 Å². The smallest absolute Gasteiger partial charge is 0.274 e. The summed E-state index contributed by atoms with van der Waals surface area (Å²) in [6.45, 7) is 2.51. The maximum Gasteiger partial charge on any atom is 0.274 e. The molecule has 0 amide bonds. The minimum absolute atomic E-state index is 0.118. The van der Waals surface area contributed by atoms with Gasteiger partial charge < -0.3 is 4.57 Å². The number of hydrogen-bond donors (Lipinski definition) is 0. The van der Waals surface area contributed by atoms with Gasteiger partial charge in [0.2, 0.25) is 0 Å². The highest BCUT2D eigenvalue weighted by molar-refractivity contribution is 5.39. The Bertz CT molecular complexity index is 744. The Morgan fingerprint density at radius 1 is 1.28 bits per heavy atom. The lowest BCUT2D eigenvalue weighted by atomic mass is 10.3. The van der Waals surface area contributed by atoms with Crippen molar-refractivity contribution in [1.82, 2.24) is 24.1 Å². The Labute approximate surface area is 103 Å². The first-order valence-electron chi connectivity index (χ1n) is 5.54. The van der Waals surface area contributed by atoms with Crippen molar-refractivity contribution in [1.29, 1.82) is 0 Å². The number of rotatable bonds is 2. The molecule has 3 rings (SSSR count). The maximum absolute atomic E-state index is 11.7. The zero-order valence-electron chi connectivity index (χ0n) is 9.82. The van der Waals surface area contributed by atoms with E-state index >= 15 is 0 Å². The Morgan fingerprint density at radius 2 is 2.06 bits per heavy atom. The van der Waals surface area contributed by atoms with Gasteiger partial charge in [-0.3, -0.25) is 4.79 Å². The van der Waals surface area contributed by atoms with Crippen LogP contribution >= 0.6 is 0 Å². The van der Waals surface area contributed by atoms with E-state index in [-0.39, 0.29) is 5.56 Å². The fourth-order valence-electron chi connectivity index (χ4n) is 1.97. The van der Waals surface area contributed by atoms with Crippen LogP contribution in [0.1, 0.15) is 11.3 Å². The van der Waals surface area contributed by atoms with Gasteiger partial charge in [0.05, 0.1) is 12.7 Å². The molecule has 18 heavy (non-hydrogen) atoms. The van der Waals surface area contributed by atoms with Crippen molar-refractivity contribution in [2.24, 2.45) is 0 Å². The zero-order valence-corrected chi connectivity index (χ0v) is 9.82. The summed E-state index contributed by atoms with van der Waals surface area (Å²) in [5, 5.41) is 4.01. The average molecular weight is 241 g/mol. The third-order valence-electron chi connectivity index (χ3n) is 2.82. The summed E-state index contributed by atoms with van der Waals surface area (Å²) in [4.78, 5) is 19.7. The molecule has 6 nitrogen and oxygen atoms in total. The lowest BCUT2D eigenvalue weighted by molar-refractivity contribution is 0.733. The highest BCUT2D eigenvalue weighted by atomic mass is 16.1. The van der Waals surface area contributed by atoms with E-state index in [2.05, 4.69) is 15.1 Å². The molecular formula is C12H11N5O. The van der Waals surface area contributed by atoms with Crippen LogP contribution in [0.4, 0.5) is 0 Å². The molecule has 3 aromatic heterocycles. The summed E-state index contributed by atoms with van der Waals surface area (Å²) in [6.07, 6.45) is 6.64. The second-order valence-electron chi connectivity index (χ2n) is 4.06. The van der Waals surface area contributed by atoms with Crippen LogP contribution in [0.2, 0.25) is 0 Å². The molecule has 0 aromatic carbocycles. The molecule has 0 bridgehead atoms. The third-order valence-corrected chi connectivity index (χ3v) is 2.82. The summed E-state index contributed by atoms with van der Waals surface area (Å²) < 4.78 is 3.39. The van der Waals surface area contributed by atoms with Gasteiger partial charge in [0.25, 0.3) is 5.56 Å². The van der Waals surface area contributed by atoms with Crippen molar-refractivity contribution in [3.8, 4) is 0 Å². The number of aryl methyl sites for hydroxylation is 1. The van der Waals surface area contributed by atoms with Crippen LogP contribution in [0.3, 0.4) is 0 Å². The largest absolute Gasteiger partial charge is 0.325 e. The molecule has 0 aliphatic heterocycles. The first-order valence-corrected chi connectivity index (χ1v) is 5.54. The van der Waals surface area contributed by atoms with Gasteiger partial charge in [-0.05, 0) is 6.92 Å². The van der Waals surface area contributed by atoms with Crippen molar-refractivity contribution in [3.05, 3.63) is 58.7 Å². The summed E-state index contributed by atoms with van der Waals surface area (Å²) >= 11 is 0. The normalized spacial score (nSPS) is 10.9. The molecule has 0 N–H and O–H groups in total. The molecule has 0 saturated carbocycles. The Hall–Kier alpha value is -2.50. The van der Waals surface area contributed by atoms with Crippen LogP contribution in [0.15, 0.2) is 41.8 Å². The molecule has 0 unspecified atom stereocenters. The average Bonchev–Trinajstić information content (AvgIpc) is 2.85. The van der Waals surface area contributed by atoms with Crippen LogP contribution in [0.5, 0.6) is 0 Å². The molecule has 0 fully saturated rings. The van der Waals surface area contributed by atoms with Gasteiger partial charge in [-0.25, -0.2) is 9.97 Å². The number of aromatic nitrogens is 5. The van der Waals surface area contributed by atoms with Crippen LogP contribution in [-0.4, -0.2) is 24.1 Å². The molecule has 3 aromatic rings. The third kappa shape index (κ3) is 1.67. The first kappa shape index (κ1) is 10.6. The lowest BCUT2D eigenvalue weighted by Gasteiger charge is -2.11. The molecule has 0 saturated heterocycles. The maximum atomic E-state index is 11.7. The van der Waals surface area contributed by atoms with Gasteiger partial charge in [0.1, 0.15) is 12.0 Å². The Balaban J connectivity index is 2.17. The second kappa shape index (κ2) is 4.06. The van der Waals surface area contributed by atoms with Crippen LogP contribution in [-0.2, 0) is 6.54 Å².